The zero-order valence-electron chi connectivity index (χ0n) is 12.1. The summed E-state index contributed by atoms with van der Waals surface area (Å²) >= 11 is 0. The Hall–Kier alpha value is -0.0231. The van der Waals surface area contributed by atoms with E-state index >= 15 is 0 Å². The van der Waals surface area contributed by atoms with Crippen molar-refractivity contribution in [2.24, 2.45) is 0 Å². The molecule has 0 amide bonds. The van der Waals surface area contributed by atoms with Gasteiger partial charge in [-0.2, -0.15) is 0 Å². The van der Waals surface area contributed by atoms with Gasteiger partial charge in [0.15, 0.2) is 0 Å². The minimum absolute atomic E-state index is 0.347. The molecule has 0 aliphatic heterocycles. The minimum atomic E-state index is -2.47. The standard InChI is InChI=1S/C11H27NO5Si/c1-12(2)9-11(13)10-17-7-6-8-18(14-3,15-4)16-5/h11,13H,6-10H2,1-5H3. The van der Waals surface area contributed by atoms with Gasteiger partial charge in [-0.1, -0.05) is 0 Å². The molecule has 0 aliphatic rings. The average molecular weight is 281 g/mol. The largest absolute Gasteiger partial charge is 0.500 e. The lowest BCUT2D eigenvalue weighted by atomic mass is 10.3. The van der Waals surface area contributed by atoms with Crippen LogP contribution in [0.25, 0.3) is 0 Å². The summed E-state index contributed by atoms with van der Waals surface area (Å²) in [5, 5.41) is 9.59. The van der Waals surface area contributed by atoms with Crippen LogP contribution in [-0.2, 0) is 18.0 Å². The summed E-state index contributed by atoms with van der Waals surface area (Å²) in [5.41, 5.74) is 0. The molecule has 1 unspecified atom stereocenters. The fraction of sp³-hybridized carbons (Fsp3) is 1.00. The van der Waals surface area contributed by atoms with E-state index in [-0.39, 0.29) is 0 Å². The maximum absolute atomic E-state index is 9.59. The van der Waals surface area contributed by atoms with Crippen LogP contribution in [0, 0.1) is 0 Å². The number of aliphatic hydroxyl groups excluding tert-OH is 1. The summed E-state index contributed by atoms with van der Waals surface area (Å²) in [4.78, 5) is 1.92. The van der Waals surface area contributed by atoms with Gasteiger partial charge in [0, 0.05) is 40.5 Å². The number of likely N-dealkylation sites (N-methyl/N-ethyl adjacent to an activating group) is 1. The van der Waals surface area contributed by atoms with Crippen molar-refractivity contribution in [3.63, 3.8) is 0 Å². The first-order valence-corrected chi connectivity index (χ1v) is 7.99. The molecule has 0 spiro atoms. The van der Waals surface area contributed by atoms with E-state index < -0.39 is 14.9 Å². The normalized spacial score (nSPS) is 14.2. The summed E-state index contributed by atoms with van der Waals surface area (Å²) in [6.45, 7) is 1.52. The van der Waals surface area contributed by atoms with Crippen molar-refractivity contribution in [2.75, 3.05) is 55.2 Å². The predicted octanol–water partition coefficient (Wildman–Crippen LogP) is 0.194. The van der Waals surface area contributed by atoms with Gasteiger partial charge in [-0.15, -0.1) is 0 Å². The lowest BCUT2D eigenvalue weighted by Gasteiger charge is -2.24. The maximum atomic E-state index is 9.59. The van der Waals surface area contributed by atoms with Crippen molar-refractivity contribution < 1.29 is 23.1 Å². The number of nitrogens with zero attached hydrogens (tertiary/aromatic N) is 1. The Balaban J connectivity index is 3.66. The first-order chi connectivity index (χ1) is 8.49. The van der Waals surface area contributed by atoms with E-state index in [1.165, 1.54) is 0 Å². The molecule has 0 saturated heterocycles. The molecular weight excluding hydrogens is 254 g/mol. The fourth-order valence-electron chi connectivity index (χ4n) is 1.64. The molecule has 7 heteroatoms. The Bertz CT molecular complexity index is 194. The third kappa shape index (κ3) is 7.42. The van der Waals surface area contributed by atoms with Gasteiger partial charge in [0.25, 0.3) is 0 Å². The third-order valence-corrected chi connectivity index (χ3v) is 5.42. The zero-order valence-corrected chi connectivity index (χ0v) is 13.1. The second kappa shape index (κ2) is 9.85. The van der Waals surface area contributed by atoms with Crippen LogP contribution in [0.2, 0.25) is 6.04 Å². The number of hydrogen-bond donors (Lipinski definition) is 1. The highest BCUT2D eigenvalue weighted by molar-refractivity contribution is 6.60. The SMILES string of the molecule is CO[Si](CCCOCC(O)CN(C)C)(OC)OC. The van der Waals surface area contributed by atoms with E-state index in [0.717, 1.165) is 6.42 Å². The molecule has 1 atom stereocenters. The van der Waals surface area contributed by atoms with E-state index in [4.69, 9.17) is 18.0 Å². The van der Waals surface area contributed by atoms with Crippen LogP contribution < -0.4 is 0 Å². The fourth-order valence-corrected chi connectivity index (χ4v) is 3.33. The first kappa shape index (κ1) is 18.0. The van der Waals surface area contributed by atoms with Gasteiger partial charge >= 0.3 is 8.80 Å². The van der Waals surface area contributed by atoms with Gasteiger partial charge in [-0.05, 0) is 20.5 Å². The Kier molecular flexibility index (Phi) is 9.84. The Labute approximate surface area is 111 Å². The molecule has 0 aliphatic carbocycles. The van der Waals surface area contributed by atoms with E-state index in [1.54, 1.807) is 21.3 Å². The third-order valence-electron chi connectivity index (χ3n) is 2.59. The average Bonchev–Trinajstić information content (AvgIpc) is 2.33. The highest BCUT2D eigenvalue weighted by Crippen LogP contribution is 2.14. The summed E-state index contributed by atoms with van der Waals surface area (Å²) in [6, 6.07) is 0.709. The monoisotopic (exact) mass is 281 g/mol. The minimum Gasteiger partial charge on any atom is -0.389 e. The van der Waals surface area contributed by atoms with Crippen molar-refractivity contribution in [3.05, 3.63) is 0 Å². The van der Waals surface area contributed by atoms with Gasteiger partial charge in [-0.3, -0.25) is 0 Å². The molecule has 0 heterocycles. The molecule has 18 heavy (non-hydrogen) atoms. The second-order valence-corrected chi connectivity index (χ2v) is 7.48. The molecule has 0 aromatic rings. The van der Waals surface area contributed by atoms with Gasteiger partial charge in [0.2, 0.25) is 0 Å². The molecule has 0 bridgehead atoms. The highest BCUT2D eigenvalue weighted by atomic mass is 28.4. The van der Waals surface area contributed by atoms with Crippen LogP contribution in [0.1, 0.15) is 6.42 Å². The topological polar surface area (TPSA) is 60.4 Å². The quantitative estimate of drug-likeness (QED) is 0.431. The lowest BCUT2D eigenvalue weighted by molar-refractivity contribution is 0.0229. The molecule has 0 radical (unpaired) electrons. The molecule has 0 fully saturated rings. The van der Waals surface area contributed by atoms with Gasteiger partial charge in [0.05, 0.1) is 12.7 Å². The van der Waals surface area contributed by atoms with Gasteiger partial charge in [-0.25, -0.2) is 0 Å². The van der Waals surface area contributed by atoms with Crippen LogP contribution in [0.4, 0.5) is 0 Å². The van der Waals surface area contributed by atoms with Crippen LogP contribution in [-0.4, -0.2) is 80.1 Å². The predicted molar refractivity (Wildman–Crippen MR) is 71.6 cm³/mol. The lowest BCUT2D eigenvalue weighted by Crippen LogP contribution is -2.42. The van der Waals surface area contributed by atoms with Crippen molar-refractivity contribution in [3.8, 4) is 0 Å². The molecule has 1 N–H and O–H groups in total. The number of rotatable bonds is 11. The number of hydrogen-bond acceptors (Lipinski definition) is 6. The van der Waals surface area contributed by atoms with E-state index in [0.29, 0.717) is 25.8 Å². The number of ether oxygens (including phenoxy) is 1. The first-order valence-electron chi connectivity index (χ1n) is 6.05. The maximum Gasteiger partial charge on any atom is 0.500 e. The van der Waals surface area contributed by atoms with Gasteiger partial charge < -0.3 is 28.0 Å². The van der Waals surface area contributed by atoms with E-state index in [1.807, 2.05) is 19.0 Å². The van der Waals surface area contributed by atoms with Crippen molar-refractivity contribution in [1.82, 2.24) is 4.90 Å². The molecule has 0 aromatic carbocycles. The smallest absolute Gasteiger partial charge is 0.389 e. The summed E-state index contributed by atoms with van der Waals surface area (Å²) < 4.78 is 21.3. The van der Waals surface area contributed by atoms with E-state index in [9.17, 15) is 5.11 Å². The highest BCUT2D eigenvalue weighted by Gasteiger charge is 2.36. The second-order valence-electron chi connectivity index (χ2n) is 4.39. The van der Waals surface area contributed by atoms with Crippen LogP contribution in [0.5, 0.6) is 0 Å². The van der Waals surface area contributed by atoms with Crippen LogP contribution >= 0.6 is 0 Å². The van der Waals surface area contributed by atoms with Crippen molar-refractivity contribution in [2.45, 2.75) is 18.6 Å². The Morgan fingerprint density at radius 1 is 1.11 bits per heavy atom. The molecular formula is C11H27NO5Si. The summed E-state index contributed by atoms with van der Waals surface area (Å²) in [7, 11) is 6.15. The van der Waals surface area contributed by atoms with Crippen molar-refractivity contribution >= 4 is 8.80 Å². The molecule has 0 aromatic heterocycles. The molecule has 6 nitrogen and oxygen atoms in total. The Morgan fingerprint density at radius 2 is 1.67 bits per heavy atom. The van der Waals surface area contributed by atoms with E-state index in [2.05, 4.69) is 0 Å². The zero-order chi connectivity index (χ0) is 14.0. The molecule has 0 rings (SSSR count). The van der Waals surface area contributed by atoms with Crippen molar-refractivity contribution in [1.29, 1.82) is 0 Å². The Morgan fingerprint density at radius 3 is 2.11 bits per heavy atom. The van der Waals surface area contributed by atoms with Crippen LogP contribution in [0.15, 0.2) is 0 Å². The summed E-state index contributed by atoms with van der Waals surface area (Å²) in [5.74, 6) is 0. The summed E-state index contributed by atoms with van der Waals surface area (Å²) in [6.07, 6.45) is 0.338. The molecule has 110 valence electrons. The number of aliphatic hydroxyl groups is 1. The molecule has 0 saturated carbocycles. The van der Waals surface area contributed by atoms with Gasteiger partial charge in [0.1, 0.15) is 0 Å². The van der Waals surface area contributed by atoms with Crippen LogP contribution in [0.3, 0.4) is 0 Å².